The number of hydrogen-bond acceptors (Lipinski definition) is 3. The van der Waals surface area contributed by atoms with Gasteiger partial charge in [-0.2, -0.15) is 0 Å². The number of rotatable bonds is 3. The summed E-state index contributed by atoms with van der Waals surface area (Å²) in [6.45, 7) is 1.73. The Hall–Kier alpha value is -1.81. The summed E-state index contributed by atoms with van der Waals surface area (Å²) in [5.41, 5.74) is 1.81. The molecular weight excluding hydrogens is 240 g/mol. The van der Waals surface area contributed by atoms with Crippen LogP contribution in [0.5, 0.6) is 0 Å². The molecule has 0 spiro atoms. The summed E-state index contributed by atoms with van der Waals surface area (Å²) in [6, 6.07) is 8.94. The molecule has 0 saturated carbocycles. The first-order valence-electron chi connectivity index (χ1n) is 5.09. The molecule has 0 saturated heterocycles. The first-order valence-corrected chi connectivity index (χ1v) is 5.62. The molecule has 1 aromatic carbocycles. The van der Waals surface area contributed by atoms with Crippen LogP contribution in [0.1, 0.15) is 21.8 Å². The predicted octanol–water partition coefficient (Wildman–Crippen LogP) is 2.97. The van der Waals surface area contributed by atoms with Crippen molar-refractivity contribution >= 4 is 23.2 Å². The van der Waals surface area contributed by atoms with Gasteiger partial charge in [0.1, 0.15) is 5.76 Å². The van der Waals surface area contributed by atoms with Crippen molar-refractivity contribution in [3.8, 4) is 0 Å². The minimum atomic E-state index is -0.306. The fourth-order valence-electron chi connectivity index (χ4n) is 1.42. The Bertz CT molecular complexity index is 537. The van der Waals surface area contributed by atoms with Crippen molar-refractivity contribution in [2.24, 2.45) is 0 Å². The van der Waals surface area contributed by atoms with E-state index in [0.717, 1.165) is 5.56 Å². The first kappa shape index (κ1) is 11.7. The fourth-order valence-corrected chi connectivity index (χ4v) is 1.65. The third kappa shape index (κ3) is 2.65. The molecule has 0 aliphatic carbocycles. The summed E-state index contributed by atoms with van der Waals surface area (Å²) in [5.74, 6) is 0.633. The van der Waals surface area contributed by atoms with Gasteiger partial charge in [-0.15, -0.1) is 11.6 Å². The minimum absolute atomic E-state index is 0.256. The number of nitrogens with one attached hydrogen (secondary N) is 1. The van der Waals surface area contributed by atoms with Crippen molar-refractivity contribution in [1.29, 1.82) is 0 Å². The molecule has 1 N–H and O–H groups in total. The average molecular weight is 251 g/mol. The van der Waals surface area contributed by atoms with Crippen LogP contribution < -0.4 is 5.32 Å². The van der Waals surface area contributed by atoms with Crippen LogP contribution in [0, 0.1) is 6.92 Å². The van der Waals surface area contributed by atoms with E-state index >= 15 is 0 Å². The lowest BCUT2D eigenvalue weighted by molar-refractivity contribution is 0.101. The molecule has 0 bridgehead atoms. The van der Waals surface area contributed by atoms with E-state index in [-0.39, 0.29) is 11.6 Å². The van der Waals surface area contributed by atoms with E-state index in [1.165, 1.54) is 0 Å². The highest BCUT2D eigenvalue weighted by atomic mass is 35.5. The number of benzene rings is 1. The van der Waals surface area contributed by atoms with E-state index in [2.05, 4.69) is 10.5 Å². The monoisotopic (exact) mass is 250 g/mol. The molecular formula is C12H11ClN2O2. The zero-order chi connectivity index (χ0) is 12.3. The van der Waals surface area contributed by atoms with Gasteiger partial charge in [-0.05, 0) is 18.6 Å². The Balaban J connectivity index is 2.18. The SMILES string of the molecule is Cc1cc(C(=O)Nc2ccccc2CCl)no1. The molecule has 88 valence electrons. The van der Waals surface area contributed by atoms with Crippen LogP contribution in [-0.4, -0.2) is 11.1 Å². The number of hydrogen-bond donors (Lipinski definition) is 1. The summed E-state index contributed by atoms with van der Waals surface area (Å²) < 4.78 is 4.84. The number of anilines is 1. The lowest BCUT2D eigenvalue weighted by atomic mass is 10.2. The molecule has 4 nitrogen and oxygen atoms in total. The van der Waals surface area contributed by atoms with Gasteiger partial charge in [-0.3, -0.25) is 4.79 Å². The van der Waals surface area contributed by atoms with Crippen molar-refractivity contribution in [1.82, 2.24) is 5.16 Å². The number of aromatic nitrogens is 1. The van der Waals surface area contributed by atoms with Gasteiger partial charge in [-0.25, -0.2) is 0 Å². The van der Waals surface area contributed by atoms with Crippen molar-refractivity contribution in [3.63, 3.8) is 0 Å². The van der Waals surface area contributed by atoms with Gasteiger partial charge in [0.15, 0.2) is 5.69 Å². The number of alkyl halides is 1. The van der Waals surface area contributed by atoms with Crippen molar-refractivity contribution in [2.75, 3.05) is 5.32 Å². The van der Waals surface area contributed by atoms with Crippen LogP contribution in [0.3, 0.4) is 0 Å². The number of aryl methyl sites for hydroxylation is 1. The average Bonchev–Trinajstić information content (AvgIpc) is 2.77. The highest BCUT2D eigenvalue weighted by molar-refractivity contribution is 6.17. The van der Waals surface area contributed by atoms with Crippen LogP contribution >= 0.6 is 11.6 Å². The molecule has 17 heavy (non-hydrogen) atoms. The molecule has 2 rings (SSSR count). The Morgan fingerprint density at radius 3 is 2.88 bits per heavy atom. The quantitative estimate of drug-likeness (QED) is 0.852. The van der Waals surface area contributed by atoms with Gasteiger partial charge in [0, 0.05) is 17.6 Å². The number of amides is 1. The highest BCUT2D eigenvalue weighted by Gasteiger charge is 2.12. The zero-order valence-electron chi connectivity index (χ0n) is 9.24. The molecule has 0 atom stereocenters. The maximum Gasteiger partial charge on any atom is 0.277 e. The number of halogens is 1. The number of nitrogens with zero attached hydrogens (tertiary/aromatic N) is 1. The molecule has 2 aromatic rings. The fraction of sp³-hybridized carbons (Fsp3) is 0.167. The van der Waals surface area contributed by atoms with Crippen molar-refractivity contribution in [3.05, 3.63) is 47.3 Å². The maximum absolute atomic E-state index is 11.8. The van der Waals surface area contributed by atoms with Crippen LogP contribution in [-0.2, 0) is 5.88 Å². The number of para-hydroxylation sites is 1. The largest absolute Gasteiger partial charge is 0.361 e. The maximum atomic E-state index is 11.8. The molecule has 0 radical (unpaired) electrons. The van der Waals surface area contributed by atoms with Crippen molar-refractivity contribution < 1.29 is 9.32 Å². The Kier molecular flexibility index (Phi) is 3.44. The molecule has 0 aliphatic heterocycles. The molecule has 1 amide bonds. The second kappa shape index (κ2) is 5.01. The van der Waals surface area contributed by atoms with Gasteiger partial charge >= 0.3 is 0 Å². The van der Waals surface area contributed by atoms with E-state index in [0.29, 0.717) is 17.3 Å². The molecule has 0 unspecified atom stereocenters. The van der Waals surface area contributed by atoms with Gasteiger partial charge in [0.05, 0.1) is 0 Å². The normalized spacial score (nSPS) is 10.2. The van der Waals surface area contributed by atoms with E-state index in [1.54, 1.807) is 19.1 Å². The van der Waals surface area contributed by atoms with Crippen LogP contribution in [0.15, 0.2) is 34.9 Å². The molecule has 1 aromatic heterocycles. The summed E-state index contributed by atoms with van der Waals surface area (Å²) in [4.78, 5) is 11.8. The van der Waals surface area contributed by atoms with Gasteiger partial charge in [-0.1, -0.05) is 23.4 Å². The number of carbonyl (C=O) groups is 1. The Morgan fingerprint density at radius 2 is 2.24 bits per heavy atom. The van der Waals surface area contributed by atoms with Crippen LogP contribution in [0.25, 0.3) is 0 Å². The lowest BCUT2D eigenvalue weighted by Crippen LogP contribution is -2.13. The van der Waals surface area contributed by atoms with E-state index in [9.17, 15) is 4.79 Å². The summed E-state index contributed by atoms with van der Waals surface area (Å²) in [6.07, 6.45) is 0. The molecule has 5 heteroatoms. The second-order valence-corrected chi connectivity index (χ2v) is 3.83. The topological polar surface area (TPSA) is 55.1 Å². The molecule has 0 aliphatic rings. The Morgan fingerprint density at radius 1 is 1.47 bits per heavy atom. The molecule has 1 heterocycles. The summed E-state index contributed by atoms with van der Waals surface area (Å²) >= 11 is 5.78. The highest BCUT2D eigenvalue weighted by Crippen LogP contribution is 2.17. The third-order valence-corrected chi connectivity index (χ3v) is 2.56. The van der Waals surface area contributed by atoms with Crippen molar-refractivity contribution in [2.45, 2.75) is 12.8 Å². The third-order valence-electron chi connectivity index (χ3n) is 2.27. The van der Waals surface area contributed by atoms with Crippen LogP contribution in [0.4, 0.5) is 5.69 Å². The smallest absolute Gasteiger partial charge is 0.277 e. The van der Waals surface area contributed by atoms with E-state index in [1.807, 2.05) is 18.2 Å². The van der Waals surface area contributed by atoms with Gasteiger partial charge < -0.3 is 9.84 Å². The Labute approximate surface area is 104 Å². The first-order chi connectivity index (χ1) is 8.20. The van der Waals surface area contributed by atoms with E-state index < -0.39 is 0 Å². The van der Waals surface area contributed by atoms with Gasteiger partial charge in [0.2, 0.25) is 0 Å². The second-order valence-electron chi connectivity index (χ2n) is 3.57. The lowest BCUT2D eigenvalue weighted by Gasteiger charge is -2.07. The number of carbonyl (C=O) groups excluding carboxylic acids is 1. The predicted molar refractivity (Wildman–Crippen MR) is 65.2 cm³/mol. The summed E-state index contributed by atoms with van der Waals surface area (Å²) in [5, 5.41) is 6.39. The van der Waals surface area contributed by atoms with Gasteiger partial charge in [0.25, 0.3) is 5.91 Å². The summed E-state index contributed by atoms with van der Waals surface area (Å²) in [7, 11) is 0. The molecule has 0 fully saturated rings. The minimum Gasteiger partial charge on any atom is -0.361 e. The standard InChI is InChI=1S/C12H11ClN2O2/c1-8-6-11(15-17-8)12(16)14-10-5-3-2-4-9(10)7-13/h2-6H,7H2,1H3,(H,14,16). The van der Waals surface area contributed by atoms with Crippen LogP contribution in [0.2, 0.25) is 0 Å². The zero-order valence-corrected chi connectivity index (χ0v) is 9.99. The van der Waals surface area contributed by atoms with E-state index in [4.69, 9.17) is 16.1 Å².